The molecule has 0 N–H and O–H groups in total. The molecule has 0 aromatic rings. The van der Waals surface area contributed by atoms with Crippen molar-refractivity contribution in [2.75, 3.05) is 27.4 Å². The number of ether oxygens (including phenoxy) is 4. The molecule has 0 fully saturated rings. The van der Waals surface area contributed by atoms with Gasteiger partial charge in [0.15, 0.2) is 12.6 Å². The molecule has 22 heavy (non-hydrogen) atoms. The van der Waals surface area contributed by atoms with Gasteiger partial charge in [0.2, 0.25) is 0 Å². The fraction of sp³-hybridized carbons (Fsp3) is 0.778. The van der Waals surface area contributed by atoms with Crippen LogP contribution in [0.25, 0.3) is 0 Å². The van der Waals surface area contributed by atoms with Crippen molar-refractivity contribution in [1.82, 2.24) is 0 Å². The summed E-state index contributed by atoms with van der Waals surface area (Å²) < 4.78 is 20.3. The van der Waals surface area contributed by atoms with E-state index in [1.54, 1.807) is 14.2 Å². The Kier molecular flexibility index (Phi) is 17.9. The van der Waals surface area contributed by atoms with Crippen LogP contribution in [0.4, 0.5) is 0 Å². The van der Waals surface area contributed by atoms with Crippen molar-refractivity contribution in [3.8, 4) is 0 Å². The van der Waals surface area contributed by atoms with Gasteiger partial charge in [0.05, 0.1) is 0 Å². The minimum Gasteiger partial charge on any atom is -0.353 e. The summed E-state index contributed by atoms with van der Waals surface area (Å²) in [5.74, 6) is 0. The monoisotopic (exact) mass is 316 g/mol. The molecular formula is C18H36O4. The molecular weight excluding hydrogens is 280 g/mol. The largest absolute Gasteiger partial charge is 0.353 e. The molecule has 0 atom stereocenters. The normalized spacial score (nSPS) is 11.5. The molecule has 0 radical (unpaired) electrons. The van der Waals surface area contributed by atoms with Gasteiger partial charge in [0.1, 0.15) is 0 Å². The molecule has 0 spiro atoms. The van der Waals surface area contributed by atoms with Gasteiger partial charge in [-0.05, 0) is 60.5 Å². The Hall–Kier alpha value is -0.680. The quantitative estimate of drug-likeness (QED) is 0.432. The van der Waals surface area contributed by atoms with Crippen LogP contribution < -0.4 is 0 Å². The molecule has 0 rings (SSSR count). The third kappa shape index (κ3) is 17.4. The Morgan fingerprint density at radius 3 is 1.82 bits per heavy atom. The lowest BCUT2D eigenvalue weighted by atomic mass is 10.1. The minimum atomic E-state index is -0.207. The molecule has 0 heterocycles. The third-order valence-corrected chi connectivity index (χ3v) is 2.78. The van der Waals surface area contributed by atoms with E-state index in [4.69, 9.17) is 18.9 Å². The first-order valence-corrected chi connectivity index (χ1v) is 8.00. The highest BCUT2D eigenvalue weighted by Gasteiger charge is 2.00. The number of hydrogen-bond acceptors (Lipinski definition) is 4. The lowest BCUT2D eigenvalue weighted by Gasteiger charge is -2.09. The SMILES string of the molecule is CCOC(C)OCC.COC(/C=C(\C)CCC=C(C)C)OC. The molecule has 0 aliphatic heterocycles. The summed E-state index contributed by atoms with van der Waals surface area (Å²) in [5.41, 5.74) is 2.67. The van der Waals surface area contributed by atoms with Gasteiger partial charge in [0.25, 0.3) is 0 Å². The van der Waals surface area contributed by atoms with Crippen molar-refractivity contribution in [2.24, 2.45) is 0 Å². The second kappa shape index (κ2) is 16.7. The van der Waals surface area contributed by atoms with Crippen molar-refractivity contribution < 1.29 is 18.9 Å². The minimum absolute atomic E-state index is 0.0370. The molecule has 0 saturated carbocycles. The van der Waals surface area contributed by atoms with Crippen LogP contribution in [0.3, 0.4) is 0 Å². The van der Waals surface area contributed by atoms with E-state index in [1.165, 1.54) is 11.1 Å². The van der Waals surface area contributed by atoms with E-state index >= 15 is 0 Å². The van der Waals surface area contributed by atoms with Crippen LogP contribution in [0.2, 0.25) is 0 Å². The van der Waals surface area contributed by atoms with E-state index in [1.807, 2.05) is 26.8 Å². The average Bonchev–Trinajstić information content (AvgIpc) is 2.45. The highest BCUT2D eigenvalue weighted by molar-refractivity contribution is 5.03. The summed E-state index contributed by atoms with van der Waals surface area (Å²) in [6, 6.07) is 0. The zero-order chi connectivity index (χ0) is 17.4. The lowest BCUT2D eigenvalue weighted by Crippen LogP contribution is -2.11. The first-order chi connectivity index (χ1) is 10.4. The second-order valence-corrected chi connectivity index (χ2v) is 5.15. The maximum atomic E-state index is 5.08. The highest BCUT2D eigenvalue weighted by Crippen LogP contribution is 2.08. The Morgan fingerprint density at radius 1 is 0.955 bits per heavy atom. The van der Waals surface area contributed by atoms with Gasteiger partial charge in [0, 0.05) is 27.4 Å². The van der Waals surface area contributed by atoms with Crippen LogP contribution in [-0.2, 0) is 18.9 Å². The van der Waals surface area contributed by atoms with Crippen molar-refractivity contribution in [3.05, 3.63) is 23.3 Å². The second-order valence-electron chi connectivity index (χ2n) is 5.15. The fourth-order valence-electron chi connectivity index (χ4n) is 1.65. The van der Waals surface area contributed by atoms with Crippen molar-refractivity contribution >= 4 is 0 Å². The van der Waals surface area contributed by atoms with Crippen LogP contribution in [0.5, 0.6) is 0 Å². The summed E-state index contributed by atoms with van der Waals surface area (Å²) in [6.45, 7) is 13.6. The smallest absolute Gasteiger partial charge is 0.176 e. The molecule has 0 unspecified atom stereocenters. The van der Waals surface area contributed by atoms with Crippen molar-refractivity contribution in [2.45, 2.75) is 67.0 Å². The zero-order valence-corrected chi connectivity index (χ0v) is 15.8. The van der Waals surface area contributed by atoms with Gasteiger partial charge in [-0.3, -0.25) is 0 Å². The van der Waals surface area contributed by atoms with E-state index in [2.05, 4.69) is 26.8 Å². The molecule has 0 aromatic carbocycles. The maximum Gasteiger partial charge on any atom is 0.176 e. The predicted molar refractivity (Wildman–Crippen MR) is 92.9 cm³/mol. The lowest BCUT2D eigenvalue weighted by molar-refractivity contribution is -0.123. The van der Waals surface area contributed by atoms with Gasteiger partial charge < -0.3 is 18.9 Å². The Labute approximate surface area is 137 Å². The highest BCUT2D eigenvalue weighted by atomic mass is 16.7. The van der Waals surface area contributed by atoms with E-state index in [0.717, 1.165) is 26.1 Å². The van der Waals surface area contributed by atoms with E-state index in [0.29, 0.717) is 0 Å². The van der Waals surface area contributed by atoms with E-state index in [9.17, 15) is 0 Å². The summed E-state index contributed by atoms with van der Waals surface area (Å²) in [6.07, 6.45) is 6.16. The zero-order valence-electron chi connectivity index (χ0n) is 15.8. The molecule has 4 heteroatoms. The molecule has 0 aliphatic rings. The van der Waals surface area contributed by atoms with Gasteiger partial charge in [-0.15, -0.1) is 0 Å². The summed E-state index contributed by atoms with van der Waals surface area (Å²) in [5, 5.41) is 0. The number of allylic oxidation sites excluding steroid dienone is 3. The number of methoxy groups -OCH3 is 2. The molecule has 0 aromatic heterocycles. The Bertz CT molecular complexity index is 283. The maximum absolute atomic E-state index is 5.08. The summed E-state index contributed by atoms with van der Waals surface area (Å²) >= 11 is 0. The number of rotatable bonds is 10. The molecule has 0 bridgehead atoms. The van der Waals surface area contributed by atoms with Crippen LogP contribution in [0, 0.1) is 0 Å². The van der Waals surface area contributed by atoms with Crippen molar-refractivity contribution in [3.63, 3.8) is 0 Å². The molecule has 0 amide bonds. The van der Waals surface area contributed by atoms with Gasteiger partial charge in [-0.25, -0.2) is 0 Å². The van der Waals surface area contributed by atoms with Crippen molar-refractivity contribution in [1.29, 1.82) is 0 Å². The van der Waals surface area contributed by atoms with Gasteiger partial charge in [-0.2, -0.15) is 0 Å². The standard InChI is InChI=1S/C12H22O2.C6H14O2/c1-10(2)7-6-8-11(3)9-12(13-4)14-5;1-4-7-6(3)8-5-2/h7,9,12H,6,8H2,1-5H3;6H,4-5H2,1-3H3/b11-9+;. The first-order valence-electron chi connectivity index (χ1n) is 8.00. The van der Waals surface area contributed by atoms with Gasteiger partial charge >= 0.3 is 0 Å². The predicted octanol–water partition coefficient (Wildman–Crippen LogP) is 4.70. The van der Waals surface area contributed by atoms with Crippen LogP contribution in [0.1, 0.15) is 54.4 Å². The fourth-order valence-corrected chi connectivity index (χ4v) is 1.65. The van der Waals surface area contributed by atoms with E-state index < -0.39 is 0 Å². The van der Waals surface area contributed by atoms with Crippen LogP contribution in [0.15, 0.2) is 23.3 Å². The summed E-state index contributed by atoms with van der Waals surface area (Å²) in [4.78, 5) is 0. The molecule has 132 valence electrons. The van der Waals surface area contributed by atoms with E-state index in [-0.39, 0.29) is 12.6 Å². The average molecular weight is 316 g/mol. The van der Waals surface area contributed by atoms with Crippen LogP contribution in [-0.4, -0.2) is 40.0 Å². The molecule has 0 saturated heterocycles. The Balaban J connectivity index is 0. The first kappa shape index (κ1) is 23.6. The third-order valence-electron chi connectivity index (χ3n) is 2.78. The van der Waals surface area contributed by atoms with Crippen LogP contribution >= 0.6 is 0 Å². The van der Waals surface area contributed by atoms with Gasteiger partial charge in [-0.1, -0.05) is 17.2 Å². The number of hydrogen-bond donors (Lipinski definition) is 0. The Morgan fingerprint density at radius 2 is 1.45 bits per heavy atom. The summed E-state index contributed by atoms with van der Waals surface area (Å²) in [7, 11) is 3.29. The topological polar surface area (TPSA) is 36.9 Å². The molecule has 4 nitrogen and oxygen atoms in total. The molecule has 0 aliphatic carbocycles.